The zero-order chi connectivity index (χ0) is 18.0. The third-order valence-electron chi connectivity index (χ3n) is 3.98. The van der Waals surface area contributed by atoms with Crippen LogP contribution < -0.4 is 15.0 Å². The van der Waals surface area contributed by atoms with E-state index in [-0.39, 0.29) is 24.3 Å². The van der Waals surface area contributed by atoms with E-state index in [1.165, 1.54) is 0 Å². The summed E-state index contributed by atoms with van der Waals surface area (Å²) in [6.45, 7) is 3.97. The zero-order valence-electron chi connectivity index (χ0n) is 14.1. The zero-order valence-corrected chi connectivity index (χ0v) is 14.8. The molecule has 1 aliphatic heterocycles. The summed E-state index contributed by atoms with van der Waals surface area (Å²) in [6.07, 6.45) is 0. The minimum absolute atomic E-state index is 0.0187. The highest BCUT2D eigenvalue weighted by Gasteiger charge is 2.26. The molecular formula is C19H19ClN2O3. The molecule has 3 rings (SSSR count). The molecule has 0 fully saturated rings. The smallest absolute Gasteiger partial charge is 0.265 e. The third-order valence-corrected chi connectivity index (χ3v) is 4.35. The summed E-state index contributed by atoms with van der Waals surface area (Å²) in [5.41, 5.74) is 2.10. The van der Waals surface area contributed by atoms with Gasteiger partial charge in [-0.3, -0.25) is 9.59 Å². The molecule has 0 bridgehead atoms. The fourth-order valence-corrected chi connectivity index (χ4v) is 2.73. The Morgan fingerprint density at radius 1 is 1.28 bits per heavy atom. The van der Waals surface area contributed by atoms with Crippen LogP contribution in [0.15, 0.2) is 42.5 Å². The van der Waals surface area contributed by atoms with Crippen LogP contribution in [-0.2, 0) is 16.1 Å². The Hall–Kier alpha value is -2.53. The van der Waals surface area contributed by atoms with E-state index < -0.39 is 0 Å². The summed E-state index contributed by atoms with van der Waals surface area (Å²) in [5.74, 6) is 0.239. The number of carbonyl (C=O) groups is 2. The van der Waals surface area contributed by atoms with E-state index in [9.17, 15) is 9.59 Å². The lowest BCUT2D eigenvalue weighted by molar-refractivity contribution is -0.121. The van der Waals surface area contributed by atoms with Crippen molar-refractivity contribution in [3.05, 3.63) is 53.1 Å². The van der Waals surface area contributed by atoms with Crippen molar-refractivity contribution in [3.8, 4) is 5.75 Å². The Kier molecular flexibility index (Phi) is 4.95. The number of nitrogens with one attached hydrogen (secondary N) is 1. The molecule has 0 saturated carbocycles. The van der Waals surface area contributed by atoms with Gasteiger partial charge in [0.2, 0.25) is 5.91 Å². The van der Waals surface area contributed by atoms with Gasteiger partial charge in [-0.25, -0.2) is 0 Å². The maximum Gasteiger partial charge on any atom is 0.265 e. The van der Waals surface area contributed by atoms with Gasteiger partial charge in [-0.15, -0.1) is 0 Å². The summed E-state index contributed by atoms with van der Waals surface area (Å²) < 4.78 is 5.50. The number of hydrogen-bond donors (Lipinski definition) is 1. The van der Waals surface area contributed by atoms with Crippen LogP contribution in [-0.4, -0.2) is 18.4 Å². The van der Waals surface area contributed by atoms with Gasteiger partial charge >= 0.3 is 0 Å². The average molecular weight is 359 g/mol. The van der Waals surface area contributed by atoms with Crippen molar-refractivity contribution < 1.29 is 14.3 Å². The van der Waals surface area contributed by atoms with E-state index in [4.69, 9.17) is 16.3 Å². The Balaban J connectivity index is 1.92. The maximum atomic E-state index is 12.4. The van der Waals surface area contributed by atoms with Crippen LogP contribution >= 0.6 is 11.6 Å². The molecule has 0 aliphatic carbocycles. The van der Waals surface area contributed by atoms with E-state index in [0.717, 1.165) is 5.56 Å². The molecule has 0 spiro atoms. The van der Waals surface area contributed by atoms with E-state index in [1.54, 1.807) is 29.2 Å². The minimum Gasteiger partial charge on any atom is -0.482 e. The van der Waals surface area contributed by atoms with Gasteiger partial charge in [0.25, 0.3) is 5.91 Å². The molecule has 0 aromatic heterocycles. The molecule has 0 radical (unpaired) electrons. The molecule has 1 heterocycles. The highest BCUT2D eigenvalue weighted by Crippen LogP contribution is 2.36. The number of anilines is 2. The van der Waals surface area contributed by atoms with Crippen LogP contribution in [0.3, 0.4) is 0 Å². The van der Waals surface area contributed by atoms with Gasteiger partial charge in [0.15, 0.2) is 6.61 Å². The second-order valence-corrected chi connectivity index (χ2v) is 6.59. The minimum atomic E-state index is -0.153. The van der Waals surface area contributed by atoms with Crippen molar-refractivity contribution in [2.75, 3.05) is 16.8 Å². The number of amides is 2. The van der Waals surface area contributed by atoms with Gasteiger partial charge in [0.1, 0.15) is 5.75 Å². The van der Waals surface area contributed by atoms with E-state index in [0.29, 0.717) is 28.7 Å². The largest absolute Gasteiger partial charge is 0.482 e. The fourth-order valence-electron chi connectivity index (χ4n) is 2.54. The van der Waals surface area contributed by atoms with Gasteiger partial charge < -0.3 is 15.0 Å². The molecule has 130 valence electrons. The Bertz CT molecular complexity index is 820. The Morgan fingerprint density at radius 2 is 2.04 bits per heavy atom. The van der Waals surface area contributed by atoms with Crippen molar-refractivity contribution in [3.63, 3.8) is 0 Å². The number of carbonyl (C=O) groups excluding carboxylic acids is 2. The SMILES string of the molecule is CC(C)C(=O)Nc1ccc2c(c1)N(Cc1ccccc1Cl)C(=O)CO2. The summed E-state index contributed by atoms with van der Waals surface area (Å²) >= 11 is 6.23. The number of hydrogen-bond acceptors (Lipinski definition) is 3. The molecule has 5 nitrogen and oxygen atoms in total. The van der Waals surface area contributed by atoms with Gasteiger partial charge in [-0.1, -0.05) is 43.6 Å². The molecule has 2 aromatic carbocycles. The molecule has 0 saturated heterocycles. The van der Waals surface area contributed by atoms with Crippen LogP contribution in [0.25, 0.3) is 0 Å². The van der Waals surface area contributed by atoms with Crippen molar-refractivity contribution in [1.29, 1.82) is 0 Å². The highest BCUT2D eigenvalue weighted by atomic mass is 35.5. The Labute approximate surface area is 151 Å². The van der Waals surface area contributed by atoms with Crippen molar-refractivity contribution in [2.45, 2.75) is 20.4 Å². The number of ether oxygens (including phenoxy) is 1. The predicted molar refractivity (Wildman–Crippen MR) is 98.0 cm³/mol. The molecule has 2 amide bonds. The lowest BCUT2D eigenvalue weighted by atomic mass is 10.1. The van der Waals surface area contributed by atoms with Gasteiger partial charge in [-0.2, -0.15) is 0 Å². The standard InChI is InChI=1S/C19H19ClN2O3/c1-12(2)19(24)21-14-7-8-17-16(9-14)22(18(23)11-25-17)10-13-5-3-4-6-15(13)20/h3-9,12H,10-11H2,1-2H3,(H,21,24). The van der Waals surface area contributed by atoms with Crippen molar-refractivity contribution in [1.82, 2.24) is 0 Å². The average Bonchev–Trinajstić information content (AvgIpc) is 2.59. The van der Waals surface area contributed by atoms with E-state index in [2.05, 4.69) is 5.32 Å². The lowest BCUT2D eigenvalue weighted by Crippen LogP contribution is -2.38. The predicted octanol–water partition coefficient (Wildman–Crippen LogP) is 3.86. The van der Waals surface area contributed by atoms with Crippen molar-refractivity contribution >= 4 is 34.8 Å². The molecule has 1 N–H and O–H groups in total. The maximum absolute atomic E-state index is 12.4. The second-order valence-electron chi connectivity index (χ2n) is 6.19. The third kappa shape index (κ3) is 3.77. The van der Waals surface area contributed by atoms with Crippen LogP contribution in [0.5, 0.6) is 5.75 Å². The summed E-state index contributed by atoms with van der Waals surface area (Å²) in [7, 11) is 0. The molecule has 1 aliphatic rings. The number of nitrogens with zero attached hydrogens (tertiary/aromatic N) is 1. The summed E-state index contributed by atoms with van der Waals surface area (Å²) in [6, 6.07) is 12.7. The van der Waals surface area contributed by atoms with Crippen LogP contribution in [0.2, 0.25) is 5.02 Å². The highest BCUT2D eigenvalue weighted by molar-refractivity contribution is 6.31. The van der Waals surface area contributed by atoms with Crippen molar-refractivity contribution in [2.24, 2.45) is 5.92 Å². The molecule has 0 atom stereocenters. The van der Waals surface area contributed by atoms with Crippen LogP contribution in [0, 0.1) is 5.92 Å². The molecule has 6 heteroatoms. The van der Waals surface area contributed by atoms with Gasteiger partial charge in [0, 0.05) is 16.6 Å². The quantitative estimate of drug-likeness (QED) is 0.902. The second kappa shape index (κ2) is 7.15. The number of benzene rings is 2. The lowest BCUT2D eigenvalue weighted by Gasteiger charge is -2.30. The Morgan fingerprint density at radius 3 is 2.76 bits per heavy atom. The van der Waals surface area contributed by atoms with Crippen LogP contribution in [0.1, 0.15) is 19.4 Å². The number of rotatable bonds is 4. The fraction of sp³-hybridized carbons (Fsp3) is 0.263. The van der Waals surface area contributed by atoms with Crippen LogP contribution in [0.4, 0.5) is 11.4 Å². The number of halogens is 1. The normalized spacial score (nSPS) is 13.4. The van der Waals surface area contributed by atoms with Gasteiger partial charge in [-0.05, 0) is 29.8 Å². The first-order valence-corrected chi connectivity index (χ1v) is 8.45. The summed E-state index contributed by atoms with van der Waals surface area (Å²) in [5, 5.41) is 3.45. The van der Waals surface area contributed by atoms with E-state index in [1.807, 2.05) is 32.0 Å². The topological polar surface area (TPSA) is 58.6 Å². The van der Waals surface area contributed by atoms with Gasteiger partial charge in [0.05, 0.1) is 12.2 Å². The first-order valence-electron chi connectivity index (χ1n) is 8.07. The monoisotopic (exact) mass is 358 g/mol. The molecular weight excluding hydrogens is 340 g/mol. The molecule has 0 unspecified atom stereocenters. The first kappa shape index (κ1) is 17.3. The van der Waals surface area contributed by atoms with E-state index >= 15 is 0 Å². The first-order chi connectivity index (χ1) is 12.0. The summed E-state index contributed by atoms with van der Waals surface area (Å²) in [4.78, 5) is 25.9. The molecule has 25 heavy (non-hydrogen) atoms. The number of fused-ring (bicyclic) bond motifs is 1. The molecule has 2 aromatic rings.